The summed E-state index contributed by atoms with van der Waals surface area (Å²) in [5, 5.41) is 9.03. The summed E-state index contributed by atoms with van der Waals surface area (Å²) in [5.74, 6) is -0.553. The summed E-state index contributed by atoms with van der Waals surface area (Å²) in [6.07, 6.45) is 3.75. The van der Waals surface area contributed by atoms with E-state index in [0.717, 1.165) is 35.7 Å². The van der Waals surface area contributed by atoms with Gasteiger partial charge in [0, 0.05) is 36.5 Å². The number of hydrogen-bond acceptors (Lipinski definition) is 5. The molecular formula is C23H26FN3O3. The van der Waals surface area contributed by atoms with Crippen LogP contribution in [0.5, 0.6) is 0 Å². The number of nitriles is 1. The predicted molar refractivity (Wildman–Crippen MR) is 110 cm³/mol. The van der Waals surface area contributed by atoms with Gasteiger partial charge in [-0.1, -0.05) is 13.8 Å². The normalized spacial score (nSPS) is 18.9. The summed E-state index contributed by atoms with van der Waals surface area (Å²) in [7, 11) is 0. The minimum atomic E-state index is -0.658. The summed E-state index contributed by atoms with van der Waals surface area (Å²) < 4.78 is 26.7. The van der Waals surface area contributed by atoms with Crippen LogP contribution in [0.2, 0.25) is 0 Å². The van der Waals surface area contributed by atoms with E-state index in [1.54, 1.807) is 12.1 Å². The molecule has 7 heteroatoms. The summed E-state index contributed by atoms with van der Waals surface area (Å²) in [4.78, 5) is 12.7. The first-order chi connectivity index (χ1) is 14.3. The largest absolute Gasteiger partial charge is 0.398 e. The van der Waals surface area contributed by atoms with Crippen molar-refractivity contribution in [3.8, 4) is 11.8 Å². The van der Waals surface area contributed by atoms with Crippen molar-refractivity contribution in [2.45, 2.75) is 52.7 Å². The van der Waals surface area contributed by atoms with Crippen LogP contribution in [0.15, 0.2) is 12.1 Å². The number of carbonyl (C=O) groups is 1. The zero-order valence-electron chi connectivity index (χ0n) is 17.4. The Morgan fingerprint density at radius 3 is 2.47 bits per heavy atom. The molecule has 3 aliphatic rings. The third kappa shape index (κ3) is 3.62. The monoisotopic (exact) mass is 411 g/mol. The smallest absolute Gasteiger partial charge is 0.165 e. The molecule has 0 saturated carbocycles. The Morgan fingerprint density at radius 1 is 1.13 bits per heavy atom. The number of nitrogens with two attached hydrogens (primary N) is 1. The van der Waals surface area contributed by atoms with Gasteiger partial charge in [-0.15, -0.1) is 0 Å². The number of nitrogens with zero attached hydrogens (tertiary/aromatic N) is 2. The molecule has 0 bridgehead atoms. The van der Waals surface area contributed by atoms with E-state index >= 15 is 0 Å². The van der Waals surface area contributed by atoms with Crippen LogP contribution in [-0.2, 0) is 29.1 Å². The van der Waals surface area contributed by atoms with Crippen molar-refractivity contribution in [2.24, 2.45) is 5.41 Å². The number of Topliss-reactive ketones (excluding diaryl/α,β-unsaturated/α-hetero) is 1. The van der Waals surface area contributed by atoms with Gasteiger partial charge in [-0.05, 0) is 36.8 Å². The Balaban J connectivity index is 0.000000383. The summed E-state index contributed by atoms with van der Waals surface area (Å²) in [5.41, 5.74) is 9.55. The van der Waals surface area contributed by atoms with Gasteiger partial charge < -0.3 is 19.8 Å². The molecule has 0 spiro atoms. The van der Waals surface area contributed by atoms with Gasteiger partial charge in [-0.2, -0.15) is 5.26 Å². The van der Waals surface area contributed by atoms with Crippen LogP contribution in [-0.4, -0.2) is 23.6 Å². The lowest BCUT2D eigenvalue weighted by Gasteiger charge is -2.30. The number of benzene rings is 1. The van der Waals surface area contributed by atoms with Crippen LogP contribution in [0.3, 0.4) is 0 Å². The molecule has 2 aromatic rings. The van der Waals surface area contributed by atoms with Gasteiger partial charge in [0.05, 0.1) is 30.3 Å². The van der Waals surface area contributed by atoms with Gasteiger partial charge in [0.1, 0.15) is 17.4 Å². The number of fused-ring (bicyclic) bond motifs is 3. The highest BCUT2D eigenvalue weighted by atomic mass is 19.1. The number of ether oxygens (including phenoxy) is 2. The van der Waals surface area contributed by atoms with Crippen LogP contribution in [0, 0.1) is 22.6 Å². The van der Waals surface area contributed by atoms with Gasteiger partial charge in [-0.3, -0.25) is 4.79 Å². The lowest BCUT2D eigenvalue weighted by atomic mass is 9.75. The zero-order chi connectivity index (χ0) is 21.5. The number of ketones is 1. The van der Waals surface area contributed by atoms with Crippen LogP contribution in [0.1, 0.15) is 66.0 Å². The van der Waals surface area contributed by atoms with Crippen molar-refractivity contribution in [1.29, 1.82) is 5.26 Å². The molecule has 0 atom stereocenters. The van der Waals surface area contributed by atoms with Crippen LogP contribution < -0.4 is 5.73 Å². The second kappa shape index (κ2) is 7.86. The first-order valence-electron chi connectivity index (χ1n) is 10.3. The number of nitrogen functional groups attached to an aromatic ring is 1. The molecule has 2 N–H and O–H groups in total. The summed E-state index contributed by atoms with van der Waals surface area (Å²) in [6, 6.07) is 4.68. The van der Waals surface area contributed by atoms with E-state index in [-0.39, 0.29) is 22.4 Å². The maximum atomic E-state index is 14.3. The Bertz CT molecular complexity index is 1010. The Morgan fingerprint density at radius 2 is 1.87 bits per heavy atom. The molecule has 0 unspecified atom stereocenters. The molecule has 3 heterocycles. The Hall–Kier alpha value is -2.69. The average Bonchev–Trinajstić information content (AvgIpc) is 3.39. The minimum Gasteiger partial charge on any atom is -0.398 e. The maximum absolute atomic E-state index is 14.3. The fraction of sp³-hybridized carbons (Fsp3) is 0.478. The quantitative estimate of drug-likeness (QED) is 0.715. The molecule has 2 aliphatic heterocycles. The molecule has 0 amide bonds. The highest BCUT2D eigenvalue weighted by Gasteiger charge is 2.39. The van der Waals surface area contributed by atoms with Gasteiger partial charge >= 0.3 is 0 Å². The molecule has 158 valence electrons. The molecule has 1 aliphatic carbocycles. The number of hydrogen-bond donors (Lipinski definition) is 1. The standard InChI is InChI=1S/C19H18FN3O2.C4H8O/c1-19(2)5-15-18(17(24)6-19)12-8-25-9-16(12)23(15)10-3-13(20)11(7-21)14(22)4-10;1-2-4-5-3-1/h3-4H,5-6,8-9,22H2,1-2H3;1-4H2. The van der Waals surface area contributed by atoms with Crippen LogP contribution in [0.4, 0.5) is 10.1 Å². The van der Waals surface area contributed by atoms with E-state index in [1.165, 1.54) is 18.9 Å². The third-order valence-corrected chi connectivity index (χ3v) is 5.83. The van der Waals surface area contributed by atoms with Crippen molar-refractivity contribution in [3.63, 3.8) is 0 Å². The van der Waals surface area contributed by atoms with Crippen molar-refractivity contribution in [1.82, 2.24) is 4.57 Å². The fourth-order valence-electron chi connectivity index (χ4n) is 4.50. The lowest BCUT2D eigenvalue weighted by Crippen LogP contribution is -2.28. The fourth-order valence-corrected chi connectivity index (χ4v) is 4.50. The molecule has 6 nitrogen and oxygen atoms in total. The molecule has 1 fully saturated rings. The zero-order valence-corrected chi connectivity index (χ0v) is 17.4. The number of aromatic nitrogens is 1. The molecule has 5 rings (SSSR count). The van der Waals surface area contributed by atoms with E-state index in [2.05, 4.69) is 13.8 Å². The van der Waals surface area contributed by atoms with E-state index in [4.69, 9.17) is 20.5 Å². The molecule has 0 radical (unpaired) electrons. The van der Waals surface area contributed by atoms with Crippen molar-refractivity contribution in [3.05, 3.63) is 46.0 Å². The molecule has 1 aromatic heterocycles. The topological polar surface area (TPSA) is 90.3 Å². The lowest BCUT2D eigenvalue weighted by molar-refractivity contribution is 0.0900. The maximum Gasteiger partial charge on any atom is 0.165 e. The molecule has 1 saturated heterocycles. The summed E-state index contributed by atoms with van der Waals surface area (Å²) in [6.45, 7) is 6.88. The SMILES string of the molecule is C1CCOC1.CC1(C)CC(=O)c2c3c(n(-c4cc(N)c(C#N)c(F)c4)c2C1)COC3. The third-order valence-electron chi connectivity index (χ3n) is 5.83. The first-order valence-corrected chi connectivity index (χ1v) is 10.3. The molecule has 30 heavy (non-hydrogen) atoms. The van der Waals surface area contributed by atoms with E-state index in [0.29, 0.717) is 31.7 Å². The van der Waals surface area contributed by atoms with Gasteiger partial charge in [0.15, 0.2) is 5.78 Å². The van der Waals surface area contributed by atoms with E-state index in [9.17, 15) is 9.18 Å². The van der Waals surface area contributed by atoms with E-state index in [1.807, 2.05) is 4.57 Å². The summed E-state index contributed by atoms with van der Waals surface area (Å²) >= 11 is 0. The average molecular weight is 411 g/mol. The number of halogens is 1. The molecule has 1 aromatic carbocycles. The minimum absolute atomic E-state index is 0.0917. The van der Waals surface area contributed by atoms with Crippen molar-refractivity contribution in [2.75, 3.05) is 18.9 Å². The predicted octanol–water partition coefficient (Wildman–Crippen LogP) is 4.05. The van der Waals surface area contributed by atoms with Gasteiger partial charge in [0.2, 0.25) is 0 Å². The van der Waals surface area contributed by atoms with Gasteiger partial charge in [-0.25, -0.2) is 4.39 Å². The Kier molecular flexibility index (Phi) is 5.39. The molecular weight excluding hydrogens is 385 g/mol. The Labute approximate surface area is 175 Å². The second-order valence-corrected chi connectivity index (χ2v) is 8.84. The first kappa shape index (κ1) is 20.6. The number of rotatable bonds is 1. The van der Waals surface area contributed by atoms with Crippen LogP contribution in [0.25, 0.3) is 5.69 Å². The highest BCUT2D eigenvalue weighted by Crippen LogP contribution is 2.42. The van der Waals surface area contributed by atoms with Crippen molar-refractivity contribution < 1.29 is 18.7 Å². The van der Waals surface area contributed by atoms with Gasteiger partial charge in [0.25, 0.3) is 0 Å². The van der Waals surface area contributed by atoms with E-state index < -0.39 is 5.82 Å². The highest BCUT2D eigenvalue weighted by molar-refractivity contribution is 6.01. The second-order valence-electron chi connectivity index (χ2n) is 8.84. The van der Waals surface area contributed by atoms with Crippen molar-refractivity contribution >= 4 is 11.5 Å². The number of carbonyl (C=O) groups excluding carboxylic acids is 1. The number of anilines is 1. The van der Waals surface area contributed by atoms with Crippen LogP contribution >= 0.6 is 0 Å².